The number of aromatic nitrogens is 2. The third-order valence-corrected chi connectivity index (χ3v) is 5.16. The van der Waals surface area contributed by atoms with E-state index in [1.807, 2.05) is 37.4 Å². The minimum atomic E-state index is 0.439. The highest BCUT2D eigenvalue weighted by molar-refractivity contribution is 6.13. The molecule has 26 heavy (non-hydrogen) atoms. The van der Waals surface area contributed by atoms with Crippen LogP contribution in [0.1, 0.15) is 36.8 Å². The fourth-order valence-electron chi connectivity index (χ4n) is 3.48. The van der Waals surface area contributed by atoms with Crippen LogP contribution in [0, 0.1) is 11.3 Å². The average molecular weight is 352 g/mol. The number of nitrogens with zero attached hydrogens (tertiary/aromatic N) is 2. The van der Waals surface area contributed by atoms with Gasteiger partial charge in [0.2, 0.25) is 5.95 Å². The largest absolute Gasteiger partial charge is 0.369 e. The van der Waals surface area contributed by atoms with Crippen LogP contribution in [0.2, 0.25) is 0 Å². The zero-order valence-corrected chi connectivity index (χ0v) is 15.5. The van der Waals surface area contributed by atoms with E-state index in [4.69, 9.17) is 5.41 Å². The summed E-state index contributed by atoms with van der Waals surface area (Å²) in [4.78, 5) is 8.88. The molecule has 1 saturated carbocycles. The van der Waals surface area contributed by atoms with Crippen molar-refractivity contribution >= 4 is 17.5 Å². The van der Waals surface area contributed by atoms with Crippen molar-refractivity contribution in [2.75, 3.05) is 31.3 Å². The van der Waals surface area contributed by atoms with E-state index < -0.39 is 0 Å². The van der Waals surface area contributed by atoms with Crippen molar-refractivity contribution in [1.82, 2.24) is 15.3 Å². The predicted molar refractivity (Wildman–Crippen MR) is 107 cm³/mol. The molecule has 0 bridgehead atoms. The fraction of sp³-hybridized carbons (Fsp3) is 0.450. The molecule has 0 spiro atoms. The highest BCUT2D eigenvalue weighted by Gasteiger charge is 2.21. The zero-order chi connectivity index (χ0) is 18.4. The van der Waals surface area contributed by atoms with Crippen molar-refractivity contribution in [3.8, 4) is 0 Å². The summed E-state index contributed by atoms with van der Waals surface area (Å²) in [7, 11) is 3.85. The van der Waals surface area contributed by atoms with Crippen molar-refractivity contribution in [1.29, 1.82) is 5.41 Å². The van der Waals surface area contributed by atoms with Crippen molar-refractivity contribution in [2.24, 2.45) is 5.92 Å². The number of nitrogens with one attached hydrogen (secondary N) is 4. The van der Waals surface area contributed by atoms with Crippen LogP contribution in [0.3, 0.4) is 0 Å². The zero-order valence-electron chi connectivity index (χ0n) is 15.5. The topological polar surface area (TPSA) is 85.7 Å². The van der Waals surface area contributed by atoms with E-state index in [9.17, 15) is 0 Å². The predicted octanol–water partition coefficient (Wildman–Crippen LogP) is 3.12. The monoisotopic (exact) mass is 352 g/mol. The standard InChI is InChI=1S/C20H28N6/c1-22-16-10-8-14(9-11-16)12-24-19-17(13-25-20(23-2)26-19)18(21)15-6-4-3-5-7-15/h3-7,13-14,16,21-22H,8-12H2,1-2H3,(H2,23,24,25,26). The van der Waals surface area contributed by atoms with Crippen LogP contribution in [0.5, 0.6) is 0 Å². The van der Waals surface area contributed by atoms with E-state index in [-0.39, 0.29) is 0 Å². The Balaban J connectivity index is 1.74. The van der Waals surface area contributed by atoms with Crippen molar-refractivity contribution in [3.63, 3.8) is 0 Å². The quantitative estimate of drug-likeness (QED) is 0.575. The van der Waals surface area contributed by atoms with Crippen LogP contribution in [-0.2, 0) is 0 Å². The van der Waals surface area contributed by atoms with Gasteiger partial charge in [-0.3, -0.25) is 5.41 Å². The molecule has 0 atom stereocenters. The number of hydrogen-bond donors (Lipinski definition) is 4. The van der Waals surface area contributed by atoms with Gasteiger partial charge in [-0.05, 0) is 38.6 Å². The van der Waals surface area contributed by atoms with Gasteiger partial charge in [0.1, 0.15) is 5.82 Å². The van der Waals surface area contributed by atoms with E-state index in [1.54, 1.807) is 13.2 Å². The maximum atomic E-state index is 8.56. The van der Waals surface area contributed by atoms with Crippen LogP contribution < -0.4 is 16.0 Å². The Hall–Kier alpha value is -2.47. The van der Waals surface area contributed by atoms with Gasteiger partial charge in [-0.2, -0.15) is 4.98 Å². The molecule has 6 heteroatoms. The smallest absolute Gasteiger partial charge is 0.224 e. The average Bonchev–Trinajstić information content (AvgIpc) is 2.72. The molecule has 0 radical (unpaired) electrons. The molecule has 1 fully saturated rings. The second kappa shape index (κ2) is 8.76. The normalized spacial score (nSPS) is 19.8. The molecular weight excluding hydrogens is 324 g/mol. The number of anilines is 2. The lowest BCUT2D eigenvalue weighted by Gasteiger charge is -2.28. The molecule has 6 nitrogen and oxygen atoms in total. The molecule has 0 saturated heterocycles. The van der Waals surface area contributed by atoms with Gasteiger partial charge in [-0.15, -0.1) is 0 Å². The van der Waals surface area contributed by atoms with Crippen LogP contribution >= 0.6 is 0 Å². The summed E-state index contributed by atoms with van der Waals surface area (Å²) in [5, 5.41) is 18.4. The van der Waals surface area contributed by atoms with Crippen molar-refractivity contribution < 1.29 is 0 Å². The maximum Gasteiger partial charge on any atom is 0.224 e. The molecule has 138 valence electrons. The molecule has 1 aromatic carbocycles. The summed E-state index contributed by atoms with van der Waals surface area (Å²) in [5.74, 6) is 1.94. The number of rotatable bonds is 7. The first-order chi connectivity index (χ1) is 12.7. The molecule has 2 aromatic rings. The van der Waals surface area contributed by atoms with E-state index >= 15 is 0 Å². The van der Waals surface area contributed by atoms with E-state index in [0.717, 1.165) is 23.5 Å². The Morgan fingerprint density at radius 2 is 1.85 bits per heavy atom. The Bertz CT molecular complexity index is 722. The molecule has 3 rings (SSSR count). The minimum Gasteiger partial charge on any atom is -0.369 e. The van der Waals surface area contributed by atoms with Crippen LogP contribution in [-0.4, -0.2) is 42.4 Å². The first-order valence-corrected chi connectivity index (χ1v) is 9.31. The summed E-state index contributed by atoms with van der Waals surface area (Å²) in [6.07, 6.45) is 6.61. The lowest BCUT2D eigenvalue weighted by atomic mass is 9.86. The molecule has 1 aliphatic rings. The van der Waals surface area contributed by atoms with Crippen LogP contribution in [0.4, 0.5) is 11.8 Å². The summed E-state index contributed by atoms with van der Waals surface area (Å²) in [6.45, 7) is 0.881. The molecule has 1 heterocycles. The van der Waals surface area contributed by atoms with E-state index in [2.05, 4.69) is 25.9 Å². The molecule has 0 amide bonds. The number of benzene rings is 1. The lowest BCUT2D eigenvalue weighted by Crippen LogP contribution is -2.32. The van der Waals surface area contributed by atoms with Crippen LogP contribution in [0.15, 0.2) is 36.5 Å². The summed E-state index contributed by atoms with van der Waals surface area (Å²) >= 11 is 0. The van der Waals surface area contributed by atoms with E-state index in [0.29, 0.717) is 23.6 Å². The Kier molecular flexibility index (Phi) is 6.17. The van der Waals surface area contributed by atoms with Gasteiger partial charge in [0, 0.05) is 31.4 Å². The molecule has 4 N–H and O–H groups in total. The van der Waals surface area contributed by atoms with Crippen molar-refractivity contribution in [3.05, 3.63) is 47.7 Å². The molecule has 0 aliphatic heterocycles. The Labute approximate surface area is 155 Å². The summed E-state index contributed by atoms with van der Waals surface area (Å²) in [5.41, 5.74) is 2.04. The van der Waals surface area contributed by atoms with Gasteiger partial charge in [0.05, 0.1) is 11.3 Å². The highest BCUT2D eigenvalue weighted by atomic mass is 15.1. The highest BCUT2D eigenvalue weighted by Crippen LogP contribution is 2.25. The van der Waals surface area contributed by atoms with Crippen LogP contribution in [0.25, 0.3) is 0 Å². The molecule has 1 aliphatic carbocycles. The van der Waals surface area contributed by atoms with Gasteiger partial charge in [0.15, 0.2) is 0 Å². The molecular formula is C20H28N6. The first-order valence-electron chi connectivity index (χ1n) is 9.31. The Morgan fingerprint density at radius 3 is 2.50 bits per heavy atom. The van der Waals surface area contributed by atoms with Crippen molar-refractivity contribution in [2.45, 2.75) is 31.7 Å². The third kappa shape index (κ3) is 4.38. The van der Waals surface area contributed by atoms with Gasteiger partial charge in [-0.25, -0.2) is 4.98 Å². The van der Waals surface area contributed by atoms with Gasteiger partial charge in [0.25, 0.3) is 0 Å². The third-order valence-electron chi connectivity index (χ3n) is 5.16. The van der Waals surface area contributed by atoms with Gasteiger partial charge < -0.3 is 16.0 Å². The second-order valence-electron chi connectivity index (χ2n) is 6.83. The summed E-state index contributed by atoms with van der Waals surface area (Å²) in [6, 6.07) is 10.4. The molecule has 1 aromatic heterocycles. The van der Waals surface area contributed by atoms with E-state index in [1.165, 1.54) is 25.7 Å². The first kappa shape index (κ1) is 18.3. The van der Waals surface area contributed by atoms with Gasteiger partial charge >= 0.3 is 0 Å². The second-order valence-corrected chi connectivity index (χ2v) is 6.83. The molecule has 0 unspecified atom stereocenters. The lowest BCUT2D eigenvalue weighted by molar-refractivity contribution is 0.312. The maximum absolute atomic E-state index is 8.56. The minimum absolute atomic E-state index is 0.439. The fourth-order valence-corrected chi connectivity index (χ4v) is 3.48. The SMILES string of the molecule is CNc1ncc(C(=N)c2ccccc2)c(NCC2CCC(NC)CC2)n1. The van der Waals surface area contributed by atoms with Gasteiger partial charge in [-0.1, -0.05) is 30.3 Å². The Morgan fingerprint density at radius 1 is 1.12 bits per heavy atom. The summed E-state index contributed by atoms with van der Waals surface area (Å²) < 4.78 is 0. The number of hydrogen-bond acceptors (Lipinski definition) is 6.